The van der Waals surface area contributed by atoms with Crippen molar-refractivity contribution in [3.05, 3.63) is 58.1 Å². The van der Waals surface area contributed by atoms with Crippen molar-refractivity contribution in [3.63, 3.8) is 0 Å². The van der Waals surface area contributed by atoms with Gasteiger partial charge in [0, 0.05) is 18.5 Å². The average molecular weight is 395 g/mol. The van der Waals surface area contributed by atoms with Gasteiger partial charge < -0.3 is 15.0 Å². The second kappa shape index (κ2) is 9.46. The SMILES string of the molecule is COc1ccccc1CCNC(=O)CN(C(C)=O)c1ccc(Cl)cc1Cl. The summed E-state index contributed by atoms with van der Waals surface area (Å²) in [7, 11) is 1.61. The Bertz CT molecular complexity index is 796. The molecular formula is C19H20Cl2N2O3. The van der Waals surface area contributed by atoms with Crippen LogP contribution in [0.4, 0.5) is 5.69 Å². The predicted octanol–water partition coefficient (Wildman–Crippen LogP) is 3.71. The Labute approximate surface area is 162 Å². The third-order valence-electron chi connectivity index (χ3n) is 3.79. The van der Waals surface area contributed by atoms with Crippen LogP contribution in [-0.4, -0.2) is 32.0 Å². The number of hydrogen-bond donors (Lipinski definition) is 1. The minimum Gasteiger partial charge on any atom is -0.496 e. The lowest BCUT2D eigenvalue weighted by molar-refractivity contribution is -0.123. The fourth-order valence-electron chi connectivity index (χ4n) is 2.51. The molecule has 0 fully saturated rings. The van der Waals surface area contributed by atoms with Crippen molar-refractivity contribution in [1.82, 2.24) is 5.32 Å². The summed E-state index contributed by atoms with van der Waals surface area (Å²) in [5.74, 6) is 0.218. The number of nitrogens with one attached hydrogen (secondary N) is 1. The average Bonchev–Trinajstić information content (AvgIpc) is 2.60. The van der Waals surface area contributed by atoms with Gasteiger partial charge in [-0.3, -0.25) is 9.59 Å². The van der Waals surface area contributed by atoms with Crippen molar-refractivity contribution >= 4 is 40.7 Å². The molecule has 0 atom stereocenters. The highest BCUT2D eigenvalue weighted by molar-refractivity contribution is 6.36. The first-order valence-electron chi connectivity index (χ1n) is 8.04. The van der Waals surface area contributed by atoms with Crippen LogP contribution in [0.3, 0.4) is 0 Å². The normalized spacial score (nSPS) is 10.3. The smallest absolute Gasteiger partial charge is 0.240 e. The lowest BCUT2D eigenvalue weighted by atomic mass is 10.1. The van der Waals surface area contributed by atoms with Gasteiger partial charge in [0.1, 0.15) is 12.3 Å². The lowest BCUT2D eigenvalue weighted by Gasteiger charge is -2.22. The van der Waals surface area contributed by atoms with Crippen molar-refractivity contribution in [2.45, 2.75) is 13.3 Å². The predicted molar refractivity (Wildman–Crippen MR) is 104 cm³/mol. The maximum absolute atomic E-state index is 12.2. The second-order valence-corrected chi connectivity index (χ2v) is 6.46. The summed E-state index contributed by atoms with van der Waals surface area (Å²) < 4.78 is 5.29. The standard InChI is InChI=1S/C19H20Cl2N2O3/c1-13(24)23(17-8-7-15(20)11-16(17)21)12-19(25)22-10-9-14-5-3-4-6-18(14)26-2/h3-8,11H,9-10,12H2,1-2H3,(H,22,25). The number of anilines is 1. The van der Waals surface area contributed by atoms with Crippen LogP contribution >= 0.6 is 23.2 Å². The molecule has 0 saturated heterocycles. The molecule has 0 radical (unpaired) electrons. The highest BCUT2D eigenvalue weighted by Crippen LogP contribution is 2.28. The topological polar surface area (TPSA) is 58.6 Å². The molecule has 1 N–H and O–H groups in total. The van der Waals surface area contributed by atoms with Crippen LogP contribution in [0.5, 0.6) is 5.75 Å². The zero-order chi connectivity index (χ0) is 19.1. The summed E-state index contributed by atoms with van der Waals surface area (Å²) in [6.07, 6.45) is 0.623. The molecule has 0 heterocycles. The Hall–Kier alpha value is -2.24. The van der Waals surface area contributed by atoms with Gasteiger partial charge >= 0.3 is 0 Å². The molecule has 0 aromatic heterocycles. The Kier molecular flexibility index (Phi) is 7.30. The summed E-state index contributed by atoms with van der Waals surface area (Å²) in [5, 5.41) is 3.59. The third kappa shape index (κ3) is 5.38. The quantitative estimate of drug-likeness (QED) is 0.778. The van der Waals surface area contributed by atoms with E-state index in [0.717, 1.165) is 11.3 Å². The van der Waals surface area contributed by atoms with E-state index < -0.39 is 0 Å². The fourth-order valence-corrected chi connectivity index (χ4v) is 3.02. The van der Waals surface area contributed by atoms with Gasteiger partial charge in [0.2, 0.25) is 11.8 Å². The van der Waals surface area contributed by atoms with Gasteiger partial charge in [-0.1, -0.05) is 41.4 Å². The van der Waals surface area contributed by atoms with Gasteiger partial charge in [-0.15, -0.1) is 0 Å². The highest BCUT2D eigenvalue weighted by Gasteiger charge is 2.18. The zero-order valence-electron chi connectivity index (χ0n) is 14.6. The lowest BCUT2D eigenvalue weighted by Crippen LogP contribution is -2.40. The first kappa shape index (κ1) is 20.1. The number of ether oxygens (including phenoxy) is 1. The fraction of sp³-hybridized carbons (Fsp3) is 0.263. The molecule has 0 spiro atoms. The minimum absolute atomic E-state index is 0.122. The molecular weight excluding hydrogens is 375 g/mol. The number of methoxy groups -OCH3 is 1. The Morgan fingerprint density at radius 2 is 1.88 bits per heavy atom. The maximum Gasteiger partial charge on any atom is 0.240 e. The molecule has 5 nitrogen and oxygen atoms in total. The largest absolute Gasteiger partial charge is 0.496 e. The van der Waals surface area contributed by atoms with Crippen LogP contribution in [0.15, 0.2) is 42.5 Å². The number of benzene rings is 2. The number of nitrogens with zero attached hydrogens (tertiary/aromatic N) is 1. The molecule has 0 saturated carbocycles. The van der Waals surface area contributed by atoms with E-state index in [1.807, 2.05) is 24.3 Å². The summed E-state index contributed by atoms with van der Waals surface area (Å²) in [6.45, 7) is 1.69. The van der Waals surface area contributed by atoms with E-state index in [0.29, 0.717) is 28.7 Å². The van der Waals surface area contributed by atoms with Crippen molar-refractivity contribution in [3.8, 4) is 5.75 Å². The van der Waals surface area contributed by atoms with E-state index >= 15 is 0 Å². The first-order chi connectivity index (χ1) is 12.4. The number of hydrogen-bond acceptors (Lipinski definition) is 3. The molecule has 0 aliphatic heterocycles. The summed E-state index contributed by atoms with van der Waals surface area (Å²) in [6, 6.07) is 12.4. The highest BCUT2D eigenvalue weighted by atomic mass is 35.5. The van der Waals surface area contributed by atoms with Gasteiger partial charge in [-0.05, 0) is 36.2 Å². The van der Waals surface area contributed by atoms with Crippen molar-refractivity contribution in [2.75, 3.05) is 25.1 Å². The number of carbonyl (C=O) groups excluding carboxylic acids is 2. The zero-order valence-corrected chi connectivity index (χ0v) is 16.1. The van der Waals surface area contributed by atoms with Gasteiger partial charge in [-0.25, -0.2) is 0 Å². The van der Waals surface area contributed by atoms with E-state index in [1.54, 1.807) is 19.2 Å². The molecule has 0 aliphatic carbocycles. The molecule has 138 valence electrons. The van der Waals surface area contributed by atoms with Gasteiger partial charge in [-0.2, -0.15) is 0 Å². The molecule has 2 rings (SSSR count). The monoisotopic (exact) mass is 394 g/mol. The van der Waals surface area contributed by atoms with Crippen LogP contribution in [0.25, 0.3) is 0 Å². The van der Waals surface area contributed by atoms with Crippen molar-refractivity contribution in [1.29, 1.82) is 0 Å². The summed E-state index contributed by atoms with van der Waals surface area (Å²) in [4.78, 5) is 25.5. The van der Waals surface area contributed by atoms with Crippen LogP contribution in [0.1, 0.15) is 12.5 Å². The van der Waals surface area contributed by atoms with Crippen LogP contribution in [-0.2, 0) is 16.0 Å². The van der Waals surface area contributed by atoms with E-state index in [4.69, 9.17) is 27.9 Å². The van der Waals surface area contributed by atoms with E-state index in [-0.39, 0.29) is 18.4 Å². The van der Waals surface area contributed by atoms with Gasteiger partial charge in [0.25, 0.3) is 0 Å². The third-order valence-corrected chi connectivity index (χ3v) is 4.33. The van der Waals surface area contributed by atoms with Crippen LogP contribution < -0.4 is 15.0 Å². The van der Waals surface area contributed by atoms with E-state index in [9.17, 15) is 9.59 Å². The molecule has 26 heavy (non-hydrogen) atoms. The number of carbonyl (C=O) groups is 2. The number of para-hydroxylation sites is 1. The molecule has 2 aromatic rings. The molecule has 0 aliphatic rings. The van der Waals surface area contributed by atoms with E-state index in [1.165, 1.54) is 17.9 Å². The summed E-state index contributed by atoms with van der Waals surface area (Å²) in [5.41, 5.74) is 1.45. The second-order valence-electron chi connectivity index (χ2n) is 5.61. The number of rotatable bonds is 7. The van der Waals surface area contributed by atoms with Crippen LogP contribution in [0, 0.1) is 0 Å². The maximum atomic E-state index is 12.2. The number of amides is 2. The molecule has 0 bridgehead atoms. The van der Waals surface area contributed by atoms with Gasteiger partial charge in [0.05, 0.1) is 17.8 Å². The molecule has 2 aromatic carbocycles. The molecule has 2 amide bonds. The summed E-state index contributed by atoms with van der Waals surface area (Å²) >= 11 is 12.0. The van der Waals surface area contributed by atoms with Gasteiger partial charge in [0.15, 0.2) is 0 Å². The Morgan fingerprint density at radius 3 is 2.54 bits per heavy atom. The molecule has 0 unspecified atom stereocenters. The number of halogens is 2. The van der Waals surface area contributed by atoms with Crippen molar-refractivity contribution < 1.29 is 14.3 Å². The minimum atomic E-state index is -0.283. The van der Waals surface area contributed by atoms with E-state index in [2.05, 4.69) is 5.32 Å². The Balaban J connectivity index is 1.97. The Morgan fingerprint density at radius 1 is 1.15 bits per heavy atom. The van der Waals surface area contributed by atoms with Crippen LogP contribution in [0.2, 0.25) is 10.0 Å². The molecule has 7 heteroatoms. The first-order valence-corrected chi connectivity index (χ1v) is 8.79. The van der Waals surface area contributed by atoms with Crippen molar-refractivity contribution in [2.24, 2.45) is 0 Å².